The standard InChI is InChI=1S/C15H16O3/c1-12-14(18-12)10-6-3-7-11-17-15(16)13-8-4-2-5-9-13/h2,4-5,8-9,12,14H,3,7,11H2,1H3/t12-,14+/m0/s1. The van der Waals surface area contributed by atoms with Crippen LogP contribution in [0, 0.1) is 11.8 Å². The fourth-order valence-electron chi connectivity index (χ4n) is 1.49. The maximum atomic E-state index is 11.6. The lowest BCUT2D eigenvalue weighted by atomic mass is 10.2. The van der Waals surface area contributed by atoms with E-state index in [9.17, 15) is 4.79 Å². The molecule has 3 heteroatoms. The van der Waals surface area contributed by atoms with Crippen LogP contribution in [0.4, 0.5) is 0 Å². The molecule has 2 atom stereocenters. The zero-order valence-corrected chi connectivity index (χ0v) is 10.4. The molecule has 0 aliphatic carbocycles. The van der Waals surface area contributed by atoms with Crippen molar-refractivity contribution in [2.45, 2.75) is 32.0 Å². The summed E-state index contributed by atoms with van der Waals surface area (Å²) in [6, 6.07) is 8.99. The summed E-state index contributed by atoms with van der Waals surface area (Å²) in [7, 11) is 0. The number of unbranched alkanes of at least 4 members (excludes halogenated alkanes) is 1. The highest BCUT2D eigenvalue weighted by molar-refractivity contribution is 5.89. The Kier molecular flexibility index (Phi) is 4.38. The molecule has 1 aliphatic heterocycles. The van der Waals surface area contributed by atoms with Crippen LogP contribution in [-0.4, -0.2) is 24.8 Å². The number of epoxide rings is 1. The van der Waals surface area contributed by atoms with E-state index in [-0.39, 0.29) is 18.2 Å². The average Bonchev–Trinajstić information content (AvgIpc) is 3.10. The predicted octanol–water partition coefficient (Wildman–Crippen LogP) is 2.41. The van der Waals surface area contributed by atoms with Gasteiger partial charge in [-0.1, -0.05) is 24.1 Å². The topological polar surface area (TPSA) is 38.8 Å². The number of hydrogen-bond acceptors (Lipinski definition) is 3. The van der Waals surface area contributed by atoms with Crippen molar-refractivity contribution in [2.75, 3.05) is 6.61 Å². The molecule has 0 bridgehead atoms. The van der Waals surface area contributed by atoms with Crippen LogP contribution in [0.5, 0.6) is 0 Å². The maximum Gasteiger partial charge on any atom is 0.338 e. The third kappa shape index (κ3) is 3.90. The van der Waals surface area contributed by atoms with E-state index in [1.807, 2.05) is 25.1 Å². The first kappa shape index (κ1) is 12.7. The first-order valence-electron chi connectivity index (χ1n) is 6.13. The molecule has 1 aromatic carbocycles. The smallest absolute Gasteiger partial charge is 0.338 e. The lowest BCUT2D eigenvalue weighted by Crippen LogP contribution is -2.05. The largest absolute Gasteiger partial charge is 0.462 e. The van der Waals surface area contributed by atoms with Gasteiger partial charge in [-0.3, -0.25) is 0 Å². The lowest BCUT2D eigenvalue weighted by Gasteiger charge is -2.02. The fraction of sp³-hybridized carbons (Fsp3) is 0.400. The van der Waals surface area contributed by atoms with Crippen molar-refractivity contribution < 1.29 is 14.3 Å². The predicted molar refractivity (Wildman–Crippen MR) is 68.1 cm³/mol. The molecule has 1 aliphatic rings. The summed E-state index contributed by atoms with van der Waals surface area (Å²) in [5.41, 5.74) is 0.587. The Bertz CT molecular complexity index is 456. The van der Waals surface area contributed by atoms with Gasteiger partial charge in [-0.05, 0) is 25.5 Å². The summed E-state index contributed by atoms with van der Waals surface area (Å²) in [6.07, 6.45) is 1.90. The second-order valence-electron chi connectivity index (χ2n) is 4.19. The van der Waals surface area contributed by atoms with Crippen LogP contribution in [0.3, 0.4) is 0 Å². The van der Waals surface area contributed by atoms with Crippen LogP contribution in [0.1, 0.15) is 30.1 Å². The van der Waals surface area contributed by atoms with Gasteiger partial charge in [0.15, 0.2) is 0 Å². The minimum atomic E-state index is -0.275. The van der Waals surface area contributed by atoms with Gasteiger partial charge in [0.05, 0.1) is 18.3 Å². The summed E-state index contributed by atoms with van der Waals surface area (Å²) in [6.45, 7) is 2.41. The molecule has 3 nitrogen and oxygen atoms in total. The van der Waals surface area contributed by atoms with Crippen molar-refractivity contribution in [1.82, 2.24) is 0 Å². The van der Waals surface area contributed by atoms with Crippen LogP contribution < -0.4 is 0 Å². The molecule has 0 amide bonds. The number of carbonyl (C=O) groups excluding carboxylic acids is 1. The van der Waals surface area contributed by atoms with E-state index in [0.717, 1.165) is 12.8 Å². The molecule has 18 heavy (non-hydrogen) atoms. The van der Waals surface area contributed by atoms with Crippen LogP contribution in [-0.2, 0) is 9.47 Å². The van der Waals surface area contributed by atoms with Crippen molar-refractivity contribution in [3.05, 3.63) is 35.9 Å². The second kappa shape index (κ2) is 6.23. The third-order valence-electron chi connectivity index (χ3n) is 2.64. The van der Waals surface area contributed by atoms with Crippen LogP contribution in [0.25, 0.3) is 0 Å². The highest BCUT2D eigenvalue weighted by Gasteiger charge is 2.31. The summed E-state index contributed by atoms with van der Waals surface area (Å²) < 4.78 is 10.3. The van der Waals surface area contributed by atoms with Crippen LogP contribution in [0.2, 0.25) is 0 Å². The molecule has 0 unspecified atom stereocenters. The van der Waals surface area contributed by atoms with Crippen LogP contribution >= 0.6 is 0 Å². The monoisotopic (exact) mass is 244 g/mol. The molecule has 1 fully saturated rings. The molecule has 2 rings (SSSR count). The normalized spacial score (nSPS) is 20.7. The van der Waals surface area contributed by atoms with Gasteiger partial charge < -0.3 is 9.47 Å². The summed E-state index contributed by atoms with van der Waals surface area (Å²) >= 11 is 0. The Morgan fingerprint density at radius 3 is 2.78 bits per heavy atom. The van der Waals surface area contributed by atoms with Crippen molar-refractivity contribution in [1.29, 1.82) is 0 Å². The van der Waals surface area contributed by atoms with E-state index in [0.29, 0.717) is 12.2 Å². The van der Waals surface area contributed by atoms with Gasteiger partial charge in [0.25, 0.3) is 0 Å². The molecule has 1 heterocycles. The fourth-order valence-corrected chi connectivity index (χ4v) is 1.49. The quantitative estimate of drug-likeness (QED) is 0.353. The van der Waals surface area contributed by atoms with Crippen molar-refractivity contribution in [3.63, 3.8) is 0 Å². The van der Waals surface area contributed by atoms with Crippen molar-refractivity contribution in [2.24, 2.45) is 0 Å². The number of carbonyl (C=O) groups is 1. The molecule has 1 aromatic rings. The minimum absolute atomic E-state index is 0.122. The number of esters is 1. The first-order chi connectivity index (χ1) is 8.77. The summed E-state index contributed by atoms with van der Waals surface area (Å²) in [5.74, 6) is 5.76. The molecule has 1 saturated heterocycles. The van der Waals surface area contributed by atoms with E-state index in [1.54, 1.807) is 12.1 Å². The zero-order chi connectivity index (χ0) is 12.8. The van der Waals surface area contributed by atoms with E-state index in [1.165, 1.54) is 0 Å². The second-order valence-corrected chi connectivity index (χ2v) is 4.19. The van der Waals surface area contributed by atoms with E-state index in [4.69, 9.17) is 9.47 Å². The SMILES string of the molecule is C[C@@H]1O[C@@H]1C#CCCCOC(=O)c1ccccc1. The molecular formula is C15H16O3. The van der Waals surface area contributed by atoms with Crippen LogP contribution in [0.15, 0.2) is 30.3 Å². The average molecular weight is 244 g/mol. The highest BCUT2D eigenvalue weighted by Crippen LogP contribution is 2.19. The summed E-state index contributed by atoms with van der Waals surface area (Å²) in [4.78, 5) is 11.6. The lowest BCUT2D eigenvalue weighted by molar-refractivity contribution is 0.0502. The van der Waals surface area contributed by atoms with Gasteiger partial charge in [0.2, 0.25) is 0 Å². The Balaban J connectivity index is 1.60. The van der Waals surface area contributed by atoms with Gasteiger partial charge in [-0.2, -0.15) is 0 Å². The highest BCUT2D eigenvalue weighted by atomic mass is 16.6. The number of hydrogen-bond donors (Lipinski definition) is 0. The Hall–Kier alpha value is -1.79. The van der Waals surface area contributed by atoms with Crippen molar-refractivity contribution >= 4 is 5.97 Å². The minimum Gasteiger partial charge on any atom is -0.462 e. The molecule has 0 spiro atoms. The van der Waals surface area contributed by atoms with Gasteiger partial charge in [-0.15, -0.1) is 5.92 Å². The molecule has 0 aromatic heterocycles. The zero-order valence-electron chi connectivity index (χ0n) is 10.4. The summed E-state index contributed by atoms with van der Waals surface area (Å²) in [5, 5.41) is 0. The molecule has 0 N–H and O–H groups in total. The van der Waals surface area contributed by atoms with Gasteiger partial charge >= 0.3 is 5.97 Å². The molecule has 0 radical (unpaired) electrons. The van der Waals surface area contributed by atoms with Gasteiger partial charge in [0.1, 0.15) is 6.10 Å². The first-order valence-corrected chi connectivity index (χ1v) is 6.13. The Morgan fingerprint density at radius 1 is 1.39 bits per heavy atom. The van der Waals surface area contributed by atoms with Gasteiger partial charge in [-0.25, -0.2) is 4.79 Å². The Labute approximate surface area is 107 Å². The van der Waals surface area contributed by atoms with Gasteiger partial charge in [0, 0.05) is 6.42 Å². The van der Waals surface area contributed by atoms with E-state index in [2.05, 4.69) is 11.8 Å². The number of rotatable bonds is 4. The third-order valence-corrected chi connectivity index (χ3v) is 2.64. The molecule has 0 saturated carbocycles. The maximum absolute atomic E-state index is 11.6. The number of ether oxygens (including phenoxy) is 2. The number of benzene rings is 1. The molecule has 94 valence electrons. The van der Waals surface area contributed by atoms with E-state index < -0.39 is 0 Å². The molecular weight excluding hydrogens is 228 g/mol. The van der Waals surface area contributed by atoms with Crippen molar-refractivity contribution in [3.8, 4) is 11.8 Å². The Morgan fingerprint density at radius 2 is 2.11 bits per heavy atom. The van der Waals surface area contributed by atoms with E-state index >= 15 is 0 Å².